The molecule has 0 saturated carbocycles. The van der Waals surface area contributed by atoms with Crippen LogP contribution in [0.1, 0.15) is 36.1 Å². The van der Waals surface area contributed by atoms with Crippen molar-refractivity contribution in [3.63, 3.8) is 0 Å². The molecule has 38 heavy (non-hydrogen) atoms. The van der Waals surface area contributed by atoms with Gasteiger partial charge < -0.3 is 18.2 Å². The number of benzene rings is 3. The first-order valence-corrected chi connectivity index (χ1v) is 13.4. The molecule has 0 N–H and O–H groups in total. The highest BCUT2D eigenvalue weighted by atomic mass is 32.2. The lowest BCUT2D eigenvalue weighted by atomic mass is 9.94. The van der Waals surface area contributed by atoms with E-state index in [-0.39, 0.29) is 41.3 Å². The molecular formula is C29H28FNO6S. The first-order chi connectivity index (χ1) is 18.3. The van der Waals surface area contributed by atoms with E-state index in [1.54, 1.807) is 35.4 Å². The Bertz CT molecular complexity index is 1450. The van der Waals surface area contributed by atoms with Crippen molar-refractivity contribution in [2.75, 3.05) is 7.11 Å². The minimum absolute atomic E-state index is 0.0465. The first-order valence-electron chi connectivity index (χ1n) is 12.0. The van der Waals surface area contributed by atoms with E-state index >= 15 is 0 Å². The number of carbonyl (C=O) groups excluding carboxylic acids is 1. The molecule has 1 aromatic heterocycles. The van der Waals surface area contributed by atoms with E-state index in [4.69, 9.17) is 13.3 Å². The average Bonchev–Trinajstić information content (AvgIpc) is 3.43. The van der Waals surface area contributed by atoms with Crippen LogP contribution in [0.25, 0.3) is 0 Å². The Morgan fingerprint density at radius 2 is 1.68 bits per heavy atom. The normalized spacial score (nSPS) is 12.1. The molecule has 3 aromatic carbocycles. The summed E-state index contributed by atoms with van der Waals surface area (Å²) in [5.74, 6) is -0.254. The van der Waals surface area contributed by atoms with Gasteiger partial charge in [-0.25, -0.2) is 4.39 Å². The van der Waals surface area contributed by atoms with Gasteiger partial charge in [-0.1, -0.05) is 43.3 Å². The largest absolute Gasteiger partial charge is 0.493 e. The third kappa shape index (κ3) is 6.41. The molecule has 198 valence electrons. The van der Waals surface area contributed by atoms with Crippen LogP contribution in [0.4, 0.5) is 4.39 Å². The van der Waals surface area contributed by atoms with Crippen molar-refractivity contribution in [2.45, 2.75) is 37.2 Å². The van der Waals surface area contributed by atoms with Crippen LogP contribution < -0.4 is 8.92 Å². The van der Waals surface area contributed by atoms with Crippen LogP contribution in [0.2, 0.25) is 0 Å². The maximum Gasteiger partial charge on any atom is 0.339 e. The molecule has 0 spiro atoms. The molecule has 1 amide bonds. The van der Waals surface area contributed by atoms with Crippen LogP contribution in [-0.2, 0) is 28.0 Å². The highest BCUT2D eigenvalue weighted by Gasteiger charge is 2.26. The van der Waals surface area contributed by atoms with Gasteiger partial charge in [0.15, 0.2) is 11.5 Å². The number of hydrogen-bond acceptors (Lipinski definition) is 6. The SMILES string of the molecule is CCC(C(=O)N(Cc1ccc(OC)c(OS(=O)(=O)c2ccc(F)cc2)c1)Cc1ccco1)c1ccccc1. The lowest BCUT2D eigenvalue weighted by molar-refractivity contribution is -0.134. The number of halogens is 1. The number of ether oxygens (including phenoxy) is 1. The summed E-state index contributed by atoms with van der Waals surface area (Å²) in [5.41, 5.74) is 1.53. The minimum Gasteiger partial charge on any atom is -0.493 e. The zero-order valence-electron chi connectivity index (χ0n) is 21.0. The van der Waals surface area contributed by atoms with Crippen LogP contribution in [0.3, 0.4) is 0 Å². The van der Waals surface area contributed by atoms with Crippen LogP contribution in [0.15, 0.2) is 101 Å². The monoisotopic (exact) mass is 537 g/mol. The number of methoxy groups -OCH3 is 1. The second kappa shape index (κ2) is 12.0. The van der Waals surface area contributed by atoms with Crippen LogP contribution in [0, 0.1) is 5.82 Å². The van der Waals surface area contributed by atoms with E-state index in [1.807, 2.05) is 37.3 Å². The van der Waals surface area contributed by atoms with E-state index in [1.165, 1.54) is 13.2 Å². The zero-order valence-corrected chi connectivity index (χ0v) is 21.9. The molecule has 0 bridgehead atoms. The fraction of sp³-hybridized carbons (Fsp3) is 0.207. The number of nitrogens with zero attached hydrogens (tertiary/aromatic N) is 1. The topological polar surface area (TPSA) is 86.0 Å². The molecule has 7 nitrogen and oxygen atoms in total. The van der Waals surface area contributed by atoms with Gasteiger partial charge in [-0.2, -0.15) is 8.42 Å². The molecular weight excluding hydrogens is 509 g/mol. The second-order valence-electron chi connectivity index (χ2n) is 8.62. The molecule has 4 aromatic rings. The van der Waals surface area contributed by atoms with Crippen LogP contribution >= 0.6 is 0 Å². The Labute approximate surface area is 221 Å². The molecule has 0 aliphatic rings. The molecule has 4 rings (SSSR count). The molecule has 0 aliphatic carbocycles. The summed E-state index contributed by atoms with van der Waals surface area (Å²) in [6, 6.07) is 22.3. The smallest absolute Gasteiger partial charge is 0.339 e. The Balaban J connectivity index is 1.64. The molecule has 0 saturated heterocycles. The van der Waals surface area contributed by atoms with Gasteiger partial charge in [0, 0.05) is 6.54 Å². The van der Waals surface area contributed by atoms with Crippen LogP contribution in [-0.4, -0.2) is 26.3 Å². The summed E-state index contributed by atoms with van der Waals surface area (Å²) in [6.45, 7) is 2.35. The van der Waals surface area contributed by atoms with E-state index < -0.39 is 15.9 Å². The predicted molar refractivity (Wildman–Crippen MR) is 140 cm³/mol. The number of hydrogen-bond donors (Lipinski definition) is 0. The van der Waals surface area contributed by atoms with Gasteiger partial charge in [0.05, 0.1) is 25.8 Å². The Kier molecular flexibility index (Phi) is 8.48. The molecule has 1 atom stereocenters. The summed E-state index contributed by atoms with van der Waals surface area (Å²) in [7, 11) is -2.87. The predicted octanol–water partition coefficient (Wildman–Crippen LogP) is 5.92. The third-order valence-corrected chi connectivity index (χ3v) is 7.30. The second-order valence-corrected chi connectivity index (χ2v) is 10.2. The number of carbonyl (C=O) groups is 1. The molecule has 1 unspecified atom stereocenters. The molecule has 0 aliphatic heterocycles. The Morgan fingerprint density at radius 3 is 2.32 bits per heavy atom. The summed E-state index contributed by atoms with van der Waals surface area (Å²) >= 11 is 0. The number of furan rings is 1. The summed E-state index contributed by atoms with van der Waals surface area (Å²) in [5, 5.41) is 0. The zero-order chi connectivity index (χ0) is 27.1. The molecule has 0 radical (unpaired) electrons. The van der Waals surface area contributed by atoms with E-state index in [0.717, 1.165) is 29.8 Å². The Morgan fingerprint density at radius 1 is 0.947 bits per heavy atom. The van der Waals surface area contributed by atoms with Gasteiger partial charge in [0.1, 0.15) is 16.5 Å². The highest BCUT2D eigenvalue weighted by Crippen LogP contribution is 2.32. The lowest BCUT2D eigenvalue weighted by Gasteiger charge is -2.27. The molecule has 9 heteroatoms. The van der Waals surface area contributed by atoms with Crippen molar-refractivity contribution in [1.29, 1.82) is 0 Å². The third-order valence-electron chi connectivity index (χ3n) is 6.05. The van der Waals surface area contributed by atoms with Crippen LogP contribution in [0.5, 0.6) is 11.5 Å². The highest BCUT2D eigenvalue weighted by molar-refractivity contribution is 7.87. The average molecular weight is 538 g/mol. The van der Waals surface area contributed by atoms with Crippen molar-refractivity contribution in [3.8, 4) is 11.5 Å². The van der Waals surface area contributed by atoms with Gasteiger partial charge in [-0.05, 0) is 66.1 Å². The number of rotatable bonds is 11. The number of amides is 1. The van der Waals surface area contributed by atoms with E-state index in [0.29, 0.717) is 17.7 Å². The quantitative estimate of drug-likeness (QED) is 0.221. The van der Waals surface area contributed by atoms with Gasteiger partial charge in [-0.15, -0.1) is 0 Å². The van der Waals surface area contributed by atoms with Crippen molar-refractivity contribution < 1.29 is 30.9 Å². The summed E-state index contributed by atoms with van der Waals surface area (Å²) in [4.78, 5) is 15.2. The standard InChI is InChI=1S/C29H28FNO6S/c1-3-26(22-8-5-4-6-9-22)29(32)31(20-24-10-7-17-36-24)19-21-11-16-27(35-2)28(18-21)37-38(33,34)25-14-12-23(30)13-15-25/h4-18,26H,3,19-20H2,1-2H3. The maximum atomic E-state index is 13.8. The van der Waals surface area contributed by atoms with Crippen molar-refractivity contribution in [2.24, 2.45) is 0 Å². The lowest BCUT2D eigenvalue weighted by Crippen LogP contribution is -2.34. The van der Waals surface area contributed by atoms with Crippen molar-refractivity contribution in [3.05, 3.63) is 114 Å². The van der Waals surface area contributed by atoms with Gasteiger partial charge in [-0.3, -0.25) is 4.79 Å². The summed E-state index contributed by atoms with van der Waals surface area (Å²) in [6.07, 6.45) is 2.15. The maximum absolute atomic E-state index is 13.8. The molecule has 0 fully saturated rings. The van der Waals surface area contributed by atoms with Crippen molar-refractivity contribution >= 4 is 16.0 Å². The van der Waals surface area contributed by atoms with Gasteiger partial charge in [0.25, 0.3) is 0 Å². The first kappa shape index (κ1) is 26.9. The Hall–Kier alpha value is -4.11. The minimum atomic E-state index is -4.26. The van der Waals surface area contributed by atoms with E-state index in [9.17, 15) is 17.6 Å². The molecule has 1 heterocycles. The van der Waals surface area contributed by atoms with E-state index in [2.05, 4.69) is 0 Å². The summed E-state index contributed by atoms with van der Waals surface area (Å²) < 4.78 is 55.2. The fourth-order valence-electron chi connectivity index (χ4n) is 4.13. The fourth-order valence-corrected chi connectivity index (χ4v) is 5.07. The van der Waals surface area contributed by atoms with Gasteiger partial charge >= 0.3 is 10.1 Å². The van der Waals surface area contributed by atoms with Crippen molar-refractivity contribution in [1.82, 2.24) is 4.90 Å². The van der Waals surface area contributed by atoms with Gasteiger partial charge in [0.2, 0.25) is 5.91 Å².